The first kappa shape index (κ1) is 48.0. The highest BCUT2D eigenvalue weighted by molar-refractivity contribution is 9.09. The molecule has 1 rings (SSSR count). The molecule has 1 unspecified atom stereocenters. The maximum Gasteiger partial charge on any atom is 0.385 e. The lowest BCUT2D eigenvalue weighted by Gasteiger charge is -2.45. The largest absolute Gasteiger partial charge is 0.459 e. The van der Waals surface area contributed by atoms with E-state index in [0.29, 0.717) is 5.56 Å². The van der Waals surface area contributed by atoms with Gasteiger partial charge in [0.05, 0.1) is 13.5 Å². The summed E-state index contributed by atoms with van der Waals surface area (Å²) in [7, 11) is -1.80. The van der Waals surface area contributed by atoms with Crippen molar-refractivity contribution in [1.29, 1.82) is 0 Å². The number of alkyl halides is 21. The summed E-state index contributed by atoms with van der Waals surface area (Å²) in [6.07, 6.45) is -0.461. The average molecular weight is 887 g/mol. The van der Waals surface area contributed by atoms with Gasteiger partial charge in [0.15, 0.2) is 6.61 Å². The second-order valence-electron chi connectivity index (χ2n) is 13.2. The van der Waals surface area contributed by atoms with Crippen molar-refractivity contribution >= 4 is 35.2 Å². The van der Waals surface area contributed by atoms with Crippen LogP contribution in [-0.4, -0.2) is 91.6 Å². The Kier molecular flexibility index (Phi) is 12.8. The van der Waals surface area contributed by atoms with Crippen molar-refractivity contribution in [2.24, 2.45) is 5.41 Å². The normalized spacial score (nSPS) is 16.2. The fourth-order valence-electron chi connectivity index (χ4n) is 4.03. The van der Waals surface area contributed by atoms with Crippen LogP contribution in [0.2, 0.25) is 19.6 Å². The summed E-state index contributed by atoms with van der Waals surface area (Å²) >= 11 is 3.15. The van der Waals surface area contributed by atoms with Gasteiger partial charge in [-0.2, -0.15) is 87.8 Å². The van der Waals surface area contributed by atoms with E-state index in [9.17, 15) is 92.6 Å². The SMILES string of the molecule is CC(C)(CC(Br)c1ccc([Si](C)(C)C)cc1)C(=O)OCC(F)(F)C(F)(F)C(F)(F)C(F)(F)C(F)(F)C(F)(F)C(F)(F)C(F)(F)C(F)(F)C(F)(F)CO. The van der Waals surface area contributed by atoms with Crippen LogP contribution in [0.3, 0.4) is 0 Å². The number of aliphatic hydroxyl groups is 1. The number of hydrogen-bond donors (Lipinski definition) is 1. The van der Waals surface area contributed by atoms with Crippen LogP contribution in [0.5, 0.6) is 0 Å². The first-order valence-electron chi connectivity index (χ1n) is 13.8. The number of hydrogen-bond acceptors (Lipinski definition) is 3. The van der Waals surface area contributed by atoms with Crippen molar-refractivity contribution in [1.82, 2.24) is 0 Å². The van der Waals surface area contributed by atoms with Gasteiger partial charge in [0, 0.05) is 4.83 Å². The smallest absolute Gasteiger partial charge is 0.385 e. The lowest BCUT2D eigenvalue weighted by molar-refractivity contribution is -0.469. The Morgan fingerprint density at radius 2 is 0.923 bits per heavy atom. The van der Waals surface area contributed by atoms with Gasteiger partial charge in [0.25, 0.3) is 0 Å². The van der Waals surface area contributed by atoms with Gasteiger partial charge in [-0.1, -0.05) is 65.0 Å². The molecule has 1 atom stereocenters. The molecule has 0 saturated heterocycles. The zero-order valence-corrected chi connectivity index (χ0v) is 29.3. The third-order valence-corrected chi connectivity index (χ3v) is 10.6. The number of halogens is 21. The van der Waals surface area contributed by atoms with Gasteiger partial charge in [-0.05, 0) is 25.8 Å². The molecule has 0 saturated carbocycles. The fraction of sp³-hybridized carbons (Fsp3) is 0.741. The second kappa shape index (κ2) is 13.9. The molecule has 0 spiro atoms. The quantitative estimate of drug-likeness (QED) is 0.0734. The van der Waals surface area contributed by atoms with Crippen molar-refractivity contribution < 1.29 is 102 Å². The summed E-state index contributed by atoms with van der Waals surface area (Å²) < 4.78 is 281. The van der Waals surface area contributed by atoms with E-state index in [-0.39, 0.29) is 0 Å². The van der Waals surface area contributed by atoms with E-state index in [4.69, 9.17) is 5.11 Å². The van der Waals surface area contributed by atoms with Crippen molar-refractivity contribution in [2.45, 2.75) is 104 Å². The van der Waals surface area contributed by atoms with Crippen LogP contribution >= 0.6 is 15.9 Å². The van der Waals surface area contributed by atoms with Crippen LogP contribution in [-0.2, 0) is 9.53 Å². The van der Waals surface area contributed by atoms with Crippen molar-refractivity contribution in [3.05, 3.63) is 29.8 Å². The van der Waals surface area contributed by atoms with Crippen molar-refractivity contribution in [2.75, 3.05) is 13.2 Å². The van der Waals surface area contributed by atoms with E-state index in [2.05, 4.69) is 20.7 Å². The van der Waals surface area contributed by atoms with Gasteiger partial charge in [0.1, 0.15) is 6.61 Å². The Hall–Kier alpha value is -2.05. The molecule has 0 fully saturated rings. The predicted octanol–water partition coefficient (Wildman–Crippen LogP) is 9.97. The molecular weight excluding hydrogens is 860 g/mol. The zero-order chi connectivity index (χ0) is 42.0. The van der Waals surface area contributed by atoms with Crippen LogP contribution in [0.25, 0.3) is 0 Å². The highest BCUT2D eigenvalue weighted by Gasteiger charge is 2.97. The fourth-order valence-corrected chi connectivity index (χ4v) is 6.31. The highest BCUT2D eigenvalue weighted by atomic mass is 79.9. The Morgan fingerprint density at radius 3 is 1.23 bits per heavy atom. The number of aliphatic hydroxyl groups excluding tert-OH is 1. The molecule has 0 aliphatic carbocycles. The Labute approximate surface area is 290 Å². The molecule has 0 bridgehead atoms. The Morgan fingerprint density at radius 1 is 0.615 bits per heavy atom. The molecule has 0 aromatic heterocycles. The minimum Gasteiger partial charge on any atom is -0.459 e. The van der Waals surface area contributed by atoms with Gasteiger partial charge >= 0.3 is 65.2 Å². The lowest BCUT2D eigenvalue weighted by atomic mass is 9.85. The number of carbonyl (C=O) groups excluding carboxylic acids is 1. The van der Waals surface area contributed by atoms with Crippen LogP contribution in [0.1, 0.15) is 30.7 Å². The van der Waals surface area contributed by atoms with Gasteiger partial charge in [-0.3, -0.25) is 4.79 Å². The van der Waals surface area contributed by atoms with E-state index in [1.807, 2.05) is 19.6 Å². The van der Waals surface area contributed by atoms with Gasteiger partial charge < -0.3 is 9.84 Å². The zero-order valence-electron chi connectivity index (χ0n) is 26.7. The Balaban J connectivity index is 3.44. The molecule has 0 amide bonds. The second-order valence-corrected chi connectivity index (χ2v) is 19.3. The number of ether oxygens (including phenoxy) is 1. The number of benzene rings is 1. The van der Waals surface area contributed by atoms with Gasteiger partial charge in [-0.15, -0.1) is 0 Å². The summed E-state index contributed by atoms with van der Waals surface area (Å²) in [5.41, 5.74) is -1.61. The predicted molar refractivity (Wildman–Crippen MR) is 147 cm³/mol. The van der Waals surface area contributed by atoms with Crippen LogP contribution < -0.4 is 5.19 Å². The molecule has 1 N–H and O–H groups in total. The molecule has 0 radical (unpaired) electrons. The summed E-state index contributed by atoms with van der Waals surface area (Å²) in [6, 6.07) is 6.54. The standard InChI is InChI=1S/C27H27BrF20O3Si/c1-17(2,10-15(28)13-6-8-14(9-7-13)52(3,4)5)16(50)51-12-19(31,32)21(35,36)23(39,40)25(43,44)27(47,48)26(45,46)24(41,42)22(37,38)20(33,34)18(29,30)11-49/h6-9,15,49H,10-12H2,1-5H3. The molecule has 0 heterocycles. The van der Waals surface area contributed by atoms with Crippen LogP contribution in [0, 0.1) is 5.41 Å². The molecule has 304 valence electrons. The molecule has 3 nitrogen and oxygen atoms in total. The molecule has 52 heavy (non-hydrogen) atoms. The summed E-state index contributed by atoms with van der Waals surface area (Å²) in [5.74, 6) is -86.0. The molecular formula is C27H27BrF20O3Si. The first-order valence-corrected chi connectivity index (χ1v) is 18.3. The summed E-state index contributed by atoms with van der Waals surface area (Å²) in [5, 5.41) is 8.97. The highest BCUT2D eigenvalue weighted by Crippen LogP contribution is 2.66. The molecule has 0 aliphatic heterocycles. The van der Waals surface area contributed by atoms with E-state index < -0.39 is 103 Å². The molecule has 1 aromatic carbocycles. The van der Waals surface area contributed by atoms with E-state index in [1.54, 1.807) is 24.3 Å². The number of rotatable bonds is 17. The summed E-state index contributed by atoms with van der Waals surface area (Å²) in [6.45, 7) is 0.706. The maximum absolute atomic E-state index is 14.3. The van der Waals surface area contributed by atoms with E-state index in [1.165, 1.54) is 0 Å². The van der Waals surface area contributed by atoms with Crippen molar-refractivity contribution in [3.8, 4) is 0 Å². The maximum atomic E-state index is 14.3. The summed E-state index contributed by atoms with van der Waals surface area (Å²) in [4.78, 5) is 11.6. The minimum absolute atomic E-state index is 0.438. The monoisotopic (exact) mass is 886 g/mol. The van der Waals surface area contributed by atoms with Crippen LogP contribution in [0.4, 0.5) is 87.8 Å². The van der Waals surface area contributed by atoms with Crippen LogP contribution in [0.15, 0.2) is 24.3 Å². The number of esters is 1. The third kappa shape index (κ3) is 7.47. The average Bonchev–Trinajstić information content (AvgIpc) is 2.98. The Bertz CT molecular complexity index is 1420. The van der Waals surface area contributed by atoms with Crippen molar-refractivity contribution in [3.63, 3.8) is 0 Å². The molecule has 1 aromatic rings. The minimum atomic E-state index is -9.18. The van der Waals surface area contributed by atoms with Gasteiger partial charge in [-0.25, -0.2) is 0 Å². The third-order valence-electron chi connectivity index (χ3n) is 7.64. The first-order chi connectivity index (χ1) is 22.5. The lowest BCUT2D eigenvalue weighted by Crippen LogP contribution is -2.77. The molecule has 25 heteroatoms. The molecule has 0 aliphatic rings. The topological polar surface area (TPSA) is 46.5 Å². The van der Waals surface area contributed by atoms with E-state index in [0.717, 1.165) is 19.0 Å². The van der Waals surface area contributed by atoms with Gasteiger partial charge in [0.2, 0.25) is 0 Å². The number of carbonyl (C=O) groups is 1. The van der Waals surface area contributed by atoms with E-state index >= 15 is 0 Å².